The Morgan fingerprint density at radius 2 is 1.94 bits per heavy atom. The maximum atomic E-state index is 13.3. The van der Waals surface area contributed by atoms with Gasteiger partial charge < -0.3 is 38.5 Å². The first-order valence-corrected chi connectivity index (χ1v) is 12.8. The Labute approximate surface area is 208 Å². The smallest absolute Gasteiger partial charge is 0.184 e. The molecule has 198 valence electrons. The molecular formula is C26H41NO8. The maximum Gasteiger partial charge on any atom is 0.184 e. The highest BCUT2D eigenvalue weighted by Crippen LogP contribution is 2.62. The van der Waals surface area contributed by atoms with Crippen LogP contribution in [-0.2, 0) is 38.0 Å². The fraction of sp³-hybridized carbons (Fsp3) is 0.885. The van der Waals surface area contributed by atoms with E-state index < -0.39 is 29.7 Å². The summed E-state index contributed by atoms with van der Waals surface area (Å²) in [4.78, 5) is 13.3. The second kappa shape index (κ2) is 9.44. The Kier molecular flexibility index (Phi) is 6.94. The zero-order valence-corrected chi connectivity index (χ0v) is 21.8. The summed E-state index contributed by atoms with van der Waals surface area (Å²) >= 11 is 0. The molecule has 11 atom stereocenters. The zero-order valence-electron chi connectivity index (χ0n) is 21.8. The Balaban J connectivity index is 1.77. The Morgan fingerprint density at radius 1 is 1.14 bits per heavy atom. The zero-order chi connectivity index (χ0) is 25.0. The molecule has 5 rings (SSSR count). The van der Waals surface area contributed by atoms with Crippen molar-refractivity contribution in [2.75, 3.05) is 48.3 Å². The predicted octanol–water partition coefficient (Wildman–Crippen LogP) is 1.69. The molecule has 1 spiro atoms. The van der Waals surface area contributed by atoms with Crippen LogP contribution in [-0.4, -0.2) is 96.5 Å². The first kappa shape index (κ1) is 25.7. The number of hydrogen-bond acceptors (Lipinski definition) is 9. The molecule has 9 heteroatoms. The van der Waals surface area contributed by atoms with E-state index >= 15 is 0 Å². The molecule has 0 aromatic rings. The standard InChI is InChI=1S/C26H41NO8/c1-7-27-12-24(2)9-8-17(29-3)15-10-16-19-18(30-4)11-25(21(16)35-23(19)32-6)26(13-28,34-14-33-25)22(31-5)20(15)24/h10,13,16-23,27H,7-9,11-12,14H2,1-6H3/b15-10-/t16-,17+,18+,19-,20-,21+,22+,23+,24+,25-,26+/m1/s1. The largest absolute Gasteiger partial charge is 0.381 e. The number of hydrogen-bond donors (Lipinski definition) is 1. The highest BCUT2D eigenvalue weighted by molar-refractivity contribution is 5.69. The third-order valence-corrected chi connectivity index (χ3v) is 9.66. The van der Waals surface area contributed by atoms with E-state index in [2.05, 4.69) is 25.2 Å². The van der Waals surface area contributed by atoms with Crippen molar-refractivity contribution in [3.63, 3.8) is 0 Å². The van der Waals surface area contributed by atoms with Crippen molar-refractivity contribution in [1.29, 1.82) is 0 Å². The fourth-order valence-corrected chi connectivity index (χ4v) is 8.05. The number of carbonyl (C=O) groups excluding carboxylic acids is 1. The molecule has 9 nitrogen and oxygen atoms in total. The topological polar surface area (TPSA) is 93.7 Å². The molecule has 35 heavy (non-hydrogen) atoms. The molecule has 2 saturated heterocycles. The lowest BCUT2D eigenvalue weighted by atomic mass is 9.52. The van der Waals surface area contributed by atoms with Crippen LogP contribution in [0.4, 0.5) is 0 Å². The van der Waals surface area contributed by atoms with Gasteiger partial charge in [0.1, 0.15) is 24.6 Å². The Bertz CT molecular complexity index is 838. The van der Waals surface area contributed by atoms with E-state index in [0.29, 0.717) is 6.42 Å². The lowest BCUT2D eigenvalue weighted by molar-refractivity contribution is -0.223. The van der Waals surface area contributed by atoms with Crippen molar-refractivity contribution in [2.45, 2.75) is 75.0 Å². The van der Waals surface area contributed by atoms with Gasteiger partial charge in [-0.1, -0.05) is 19.9 Å². The fourth-order valence-electron chi connectivity index (χ4n) is 8.05. The molecule has 4 bridgehead atoms. The van der Waals surface area contributed by atoms with Gasteiger partial charge in [0, 0.05) is 59.2 Å². The predicted molar refractivity (Wildman–Crippen MR) is 126 cm³/mol. The molecule has 0 amide bonds. The third kappa shape index (κ3) is 3.39. The summed E-state index contributed by atoms with van der Waals surface area (Å²) in [6, 6.07) is 0. The van der Waals surface area contributed by atoms with Crippen LogP contribution in [0.1, 0.15) is 33.1 Å². The van der Waals surface area contributed by atoms with Crippen molar-refractivity contribution in [1.82, 2.24) is 5.32 Å². The number of carbonyl (C=O) groups is 1. The molecular weight excluding hydrogens is 454 g/mol. The average Bonchev–Trinajstić information content (AvgIpc) is 3.37. The van der Waals surface area contributed by atoms with Crippen LogP contribution in [0.3, 0.4) is 0 Å². The van der Waals surface area contributed by atoms with Crippen LogP contribution < -0.4 is 5.32 Å². The summed E-state index contributed by atoms with van der Waals surface area (Å²) in [5.74, 6) is -0.256. The average molecular weight is 496 g/mol. The van der Waals surface area contributed by atoms with E-state index in [1.165, 1.54) is 0 Å². The van der Waals surface area contributed by atoms with Gasteiger partial charge in [0.2, 0.25) is 0 Å². The summed E-state index contributed by atoms with van der Waals surface area (Å²) in [5.41, 5.74) is -1.48. The molecule has 0 aromatic carbocycles. The van der Waals surface area contributed by atoms with Gasteiger partial charge in [0.15, 0.2) is 18.2 Å². The Morgan fingerprint density at radius 3 is 2.57 bits per heavy atom. The van der Waals surface area contributed by atoms with Gasteiger partial charge in [0.25, 0.3) is 0 Å². The molecule has 2 aliphatic heterocycles. The van der Waals surface area contributed by atoms with Gasteiger partial charge in [0.05, 0.1) is 12.2 Å². The minimum atomic E-state index is -1.37. The van der Waals surface area contributed by atoms with E-state index in [4.69, 9.17) is 33.2 Å². The highest BCUT2D eigenvalue weighted by atomic mass is 16.8. The van der Waals surface area contributed by atoms with Gasteiger partial charge in [-0.15, -0.1) is 0 Å². The molecule has 0 unspecified atom stereocenters. The minimum Gasteiger partial charge on any atom is -0.381 e. The number of fused-ring (bicyclic) bond motifs is 1. The first-order chi connectivity index (χ1) is 16.9. The molecule has 0 aromatic heterocycles. The van der Waals surface area contributed by atoms with Gasteiger partial charge in [-0.3, -0.25) is 4.79 Å². The molecule has 1 N–H and O–H groups in total. The van der Waals surface area contributed by atoms with Crippen molar-refractivity contribution in [3.05, 3.63) is 11.6 Å². The van der Waals surface area contributed by atoms with Crippen LogP contribution in [0.15, 0.2) is 11.6 Å². The number of methoxy groups -OCH3 is 4. The summed E-state index contributed by atoms with van der Waals surface area (Å²) in [7, 11) is 6.77. The summed E-state index contributed by atoms with van der Waals surface area (Å²) in [6.45, 7) is 6.04. The first-order valence-electron chi connectivity index (χ1n) is 12.8. The van der Waals surface area contributed by atoms with Crippen molar-refractivity contribution in [3.8, 4) is 0 Å². The lowest BCUT2D eigenvalue weighted by Crippen LogP contribution is -2.73. The van der Waals surface area contributed by atoms with E-state index in [0.717, 1.165) is 37.8 Å². The van der Waals surface area contributed by atoms with Gasteiger partial charge >= 0.3 is 0 Å². The number of rotatable bonds is 8. The van der Waals surface area contributed by atoms with Crippen LogP contribution in [0.2, 0.25) is 0 Å². The van der Waals surface area contributed by atoms with Crippen LogP contribution >= 0.6 is 0 Å². The summed E-state index contributed by atoms with van der Waals surface area (Å²) in [6.07, 6.45) is 3.66. The molecule has 3 aliphatic carbocycles. The number of aldehydes is 1. The van der Waals surface area contributed by atoms with Crippen molar-refractivity contribution in [2.24, 2.45) is 23.2 Å². The van der Waals surface area contributed by atoms with Crippen molar-refractivity contribution >= 4 is 6.29 Å². The van der Waals surface area contributed by atoms with E-state index in [1.54, 1.807) is 28.4 Å². The molecule has 0 radical (unpaired) electrons. The van der Waals surface area contributed by atoms with Crippen molar-refractivity contribution < 1.29 is 38.0 Å². The second-order valence-electron chi connectivity index (χ2n) is 11.0. The molecule has 2 heterocycles. The number of ether oxygens (including phenoxy) is 7. The van der Waals surface area contributed by atoms with E-state index in [9.17, 15) is 4.79 Å². The van der Waals surface area contributed by atoms with Crippen LogP contribution in [0, 0.1) is 23.2 Å². The SMILES string of the molecule is CCNC[C@]1(C)CC[C@H](OC)/C2=C/[C@@H]3[C@H]4[C@@H](OC)O[C@@H]3[C@@]3(C[C@@H]4OC)OCO[C@@]3(C=O)[C@@H](OC)[C@@H]21. The highest BCUT2D eigenvalue weighted by Gasteiger charge is 2.77. The molecule has 2 saturated carbocycles. The monoisotopic (exact) mass is 495 g/mol. The van der Waals surface area contributed by atoms with E-state index in [-0.39, 0.29) is 42.2 Å². The second-order valence-corrected chi connectivity index (χ2v) is 11.0. The Hall–Kier alpha value is -0.910. The lowest BCUT2D eigenvalue weighted by Gasteiger charge is -2.58. The van der Waals surface area contributed by atoms with Crippen LogP contribution in [0.5, 0.6) is 0 Å². The molecule has 4 fully saturated rings. The van der Waals surface area contributed by atoms with Gasteiger partial charge in [-0.25, -0.2) is 0 Å². The maximum absolute atomic E-state index is 13.3. The van der Waals surface area contributed by atoms with E-state index in [1.807, 2.05) is 0 Å². The summed E-state index contributed by atoms with van der Waals surface area (Å²) < 4.78 is 43.5. The third-order valence-electron chi connectivity index (χ3n) is 9.66. The minimum absolute atomic E-state index is 0.0103. The van der Waals surface area contributed by atoms with Crippen LogP contribution in [0.25, 0.3) is 0 Å². The van der Waals surface area contributed by atoms with Gasteiger partial charge in [-0.05, 0) is 30.4 Å². The molecule has 5 aliphatic rings. The summed E-state index contributed by atoms with van der Waals surface area (Å²) in [5, 5.41) is 3.56. The number of nitrogens with one attached hydrogen (secondary N) is 1. The van der Waals surface area contributed by atoms with Gasteiger partial charge in [-0.2, -0.15) is 0 Å². The quantitative estimate of drug-likeness (QED) is 0.399. The normalized spacial score (nSPS) is 52.1.